The van der Waals surface area contributed by atoms with E-state index in [-0.39, 0.29) is 18.0 Å². The highest BCUT2D eigenvalue weighted by Gasteiger charge is 2.25. The minimum absolute atomic E-state index is 0.166. The predicted octanol–water partition coefficient (Wildman–Crippen LogP) is 5.52. The van der Waals surface area contributed by atoms with Gasteiger partial charge < -0.3 is 5.32 Å². The zero-order chi connectivity index (χ0) is 22.4. The van der Waals surface area contributed by atoms with E-state index in [9.17, 15) is 8.42 Å². The normalized spacial score (nSPS) is 11.4. The van der Waals surface area contributed by atoms with Crippen molar-refractivity contribution in [2.75, 3.05) is 5.32 Å². The zero-order valence-corrected chi connectivity index (χ0v) is 18.7. The molecule has 0 saturated heterocycles. The highest BCUT2D eigenvalue weighted by molar-refractivity contribution is 7.89. The molecule has 0 aliphatic rings. The molecule has 5 nitrogen and oxygen atoms in total. The molecule has 1 N–H and O–H groups in total. The maximum atomic E-state index is 13.5. The summed E-state index contributed by atoms with van der Waals surface area (Å²) < 4.78 is 28.5. The van der Waals surface area contributed by atoms with Crippen LogP contribution in [0, 0.1) is 6.92 Å². The van der Waals surface area contributed by atoms with Crippen LogP contribution in [0.5, 0.6) is 0 Å². The van der Waals surface area contributed by atoms with Crippen LogP contribution in [-0.4, -0.2) is 17.7 Å². The Hall–Kier alpha value is -3.48. The third kappa shape index (κ3) is 5.22. The summed E-state index contributed by atoms with van der Waals surface area (Å²) >= 11 is 0. The number of aryl methyl sites for hydroxylation is 1. The number of para-hydroxylation sites is 1. The third-order valence-electron chi connectivity index (χ3n) is 5.19. The van der Waals surface area contributed by atoms with Crippen molar-refractivity contribution in [1.29, 1.82) is 0 Å². The Morgan fingerprint density at radius 2 is 1.31 bits per heavy atom. The first kappa shape index (κ1) is 21.7. The molecule has 4 rings (SSSR count). The summed E-state index contributed by atoms with van der Waals surface area (Å²) in [7, 11) is -3.75. The van der Waals surface area contributed by atoms with Crippen molar-refractivity contribution in [2.45, 2.75) is 24.9 Å². The monoisotopic (exact) mass is 443 g/mol. The van der Waals surface area contributed by atoms with E-state index in [1.807, 2.05) is 91.9 Å². The van der Waals surface area contributed by atoms with Crippen molar-refractivity contribution >= 4 is 21.5 Å². The number of pyridine rings is 1. The van der Waals surface area contributed by atoms with Gasteiger partial charge in [-0.25, -0.2) is 13.4 Å². The minimum atomic E-state index is -3.75. The van der Waals surface area contributed by atoms with Gasteiger partial charge >= 0.3 is 0 Å². The molecule has 0 radical (unpaired) electrons. The lowest BCUT2D eigenvalue weighted by Gasteiger charge is -2.22. The van der Waals surface area contributed by atoms with E-state index in [2.05, 4.69) is 10.3 Å². The molecule has 1 heterocycles. The molecule has 4 aromatic rings. The SMILES string of the molecule is Cc1ccccc1Nc1ccc(S(=O)(=O)N(Cc2ccccc2)Cc2ccccc2)cn1. The number of anilines is 2. The number of nitrogens with one attached hydrogen (secondary N) is 1. The smallest absolute Gasteiger partial charge is 0.245 e. The molecule has 6 heteroatoms. The maximum Gasteiger partial charge on any atom is 0.245 e. The molecule has 1 aromatic heterocycles. The average molecular weight is 444 g/mol. The summed E-state index contributed by atoms with van der Waals surface area (Å²) in [5.74, 6) is 0.593. The second kappa shape index (κ2) is 9.77. The second-order valence-corrected chi connectivity index (χ2v) is 9.50. The Morgan fingerprint density at radius 3 is 1.84 bits per heavy atom. The molecule has 0 bridgehead atoms. The fourth-order valence-corrected chi connectivity index (χ4v) is 4.77. The van der Waals surface area contributed by atoms with Crippen molar-refractivity contribution < 1.29 is 8.42 Å². The van der Waals surface area contributed by atoms with Crippen LogP contribution in [0.4, 0.5) is 11.5 Å². The van der Waals surface area contributed by atoms with Gasteiger partial charge in [0.15, 0.2) is 0 Å². The molecule has 3 aromatic carbocycles. The number of benzene rings is 3. The lowest BCUT2D eigenvalue weighted by Crippen LogP contribution is -2.30. The van der Waals surface area contributed by atoms with Crippen LogP contribution in [0.1, 0.15) is 16.7 Å². The Kier molecular flexibility index (Phi) is 6.63. The molecule has 0 spiro atoms. The van der Waals surface area contributed by atoms with E-state index in [0.29, 0.717) is 5.82 Å². The maximum absolute atomic E-state index is 13.5. The summed E-state index contributed by atoms with van der Waals surface area (Å²) in [5.41, 5.74) is 3.88. The fraction of sp³-hybridized carbons (Fsp3) is 0.115. The van der Waals surface area contributed by atoms with E-state index in [1.165, 1.54) is 10.5 Å². The summed E-state index contributed by atoms with van der Waals surface area (Å²) in [6.07, 6.45) is 1.42. The van der Waals surface area contributed by atoms with E-state index in [1.54, 1.807) is 12.1 Å². The third-order valence-corrected chi connectivity index (χ3v) is 6.96. The number of nitrogens with zero attached hydrogens (tertiary/aromatic N) is 2. The Labute approximate surface area is 189 Å². The van der Waals surface area contributed by atoms with Crippen molar-refractivity contribution in [2.24, 2.45) is 0 Å². The van der Waals surface area contributed by atoms with Crippen molar-refractivity contribution in [3.05, 3.63) is 120 Å². The van der Waals surface area contributed by atoms with E-state index < -0.39 is 10.0 Å². The molecule has 32 heavy (non-hydrogen) atoms. The number of sulfonamides is 1. The van der Waals surface area contributed by atoms with Gasteiger partial charge in [-0.05, 0) is 41.8 Å². The Balaban J connectivity index is 1.60. The van der Waals surface area contributed by atoms with Crippen LogP contribution in [0.15, 0.2) is 108 Å². The quantitative estimate of drug-likeness (QED) is 0.389. The highest BCUT2D eigenvalue weighted by Crippen LogP contribution is 2.23. The highest BCUT2D eigenvalue weighted by atomic mass is 32.2. The first-order valence-corrected chi connectivity index (χ1v) is 11.8. The van der Waals surface area contributed by atoms with Crippen LogP contribution in [0.3, 0.4) is 0 Å². The van der Waals surface area contributed by atoms with Gasteiger partial charge in [-0.2, -0.15) is 4.31 Å². The van der Waals surface area contributed by atoms with Crippen LogP contribution in [0.2, 0.25) is 0 Å². The van der Waals surface area contributed by atoms with Gasteiger partial charge in [-0.15, -0.1) is 0 Å². The van der Waals surface area contributed by atoms with Gasteiger partial charge in [0.05, 0.1) is 0 Å². The Bertz CT molecular complexity index is 1220. The van der Waals surface area contributed by atoms with Gasteiger partial charge in [0.25, 0.3) is 0 Å². The molecular formula is C26H25N3O2S. The first-order valence-electron chi connectivity index (χ1n) is 10.4. The molecule has 0 aliphatic heterocycles. The first-order chi connectivity index (χ1) is 15.5. The summed E-state index contributed by atoms with van der Waals surface area (Å²) in [4.78, 5) is 4.53. The van der Waals surface area contributed by atoms with E-state index >= 15 is 0 Å². The molecule has 162 valence electrons. The lowest BCUT2D eigenvalue weighted by atomic mass is 10.2. The largest absolute Gasteiger partial charge is 0.340 e. The van der Waals surface area contributed by atoms with Gasteiger partial charge in [-0.1, -0.05) is 78.9 Å². The van der Waals surface area contributed by atoms with Crippen LogP contribution < -0.4 is 5.32 Å². The average Bonchev–Trinajstić information content (AvgIpc) is 2.82. The molecule has 0 aliphatic carbocycles. The van der Waals surface area contributed by atoms with Crippen LogP contribution in [-0.2, 0) is 23.1 Å². The van der Waals surface area contributed by atoms with Gasteiger partial charge in [0, 0.05) is 25.0 Å². The van der Waals surface area contributed by atoms with Crippen molar-refractivity contribution in [1.82, 2.24) is 9.29 Å². The van der Waals surface area contributed by atoms with E-state index in [0.717, 1.165) is 22.4 Å². The topological polar surface area (TPSA) is 62.3 Å². The Morgan fingerprint density at radius 1 is 0.750 bits per heavy atom. The number of aromatic nitrogens is 1. The summed E-state index contributed by atoms with van der Waals surface area (Å²) in [5, 5.41) is 3.24. The summed E-state index contributed by atoms with van der Waals surface area (Å²) in [6, 6.07) is 30.4. The number of hydrogen-bond acceptors (Lipinski definition) is 4. The van der Waals surface area contributed by atoms with Crippen LogP contribution >= 0.6 is 0 Å². The molecular weight excluding hydrogens is 418 g/mol. The van der Waals surface area contributed by atoms with Gasteiger partial charge in [0.2, 0.25) is 10.0 Å². The number of hydrogen-bond donors (Lipinski definition) is 1. The van der Waals surface area contributed by atoms with Crippen molar-refractivity contribution in [3.8, 4) is 0 Å². The van der Waals surface area contributed by atoms with Crippen LogP contribution in [0.25, 0.3) is 0 Å². The van der Waals surface area contributed by atoms with E-state index in [4.69, 9.17) is 0 Å². The fourth-order valence-electron chi connectivity index (χ4n) is 3.41. The van der Waals surface area contributed by atoms with Crippen molar-refractivity contribution in [3.63, 3.8) is 0 Å². The molecule has 0 amide bonds. The molecule has 0 saturated carbocycles. The minimum Gasteiger partial charge on any atom is -0.340 e. The molecule has 0 atom stereocenters. The zero-order valence-electron chi connectivity index (χ0n) is 17.8. The number of rotatable bonds is 8. The standard InChI is InChI=1S/C26H25N3O2S/c1-21-10-8-9-15-25(21)28-26-17-16-24(18-27-26)32(30,31)29(19-22-11-4-2-5-12-22)20-23-13-6-3-7-14-23/h2-18H,19-20H2,1H3,(H,27,28). The lowest BCUT2D eigenvalue weighted by molar-refractivity contribution is 0.401. The van der Waals surface area contributed by atoms with Gasteiger partial charge in [-0.3, -0.25) is 0 Å². The van der Waals surface area contributed by atoms with Gasteiger partial charge in [0.1, 0.15) is 10.7 Å². The summed E-state index contributed by atoms with van der Waals surface area (Å²) in [6.45, 7) is 2.56. The molecule has 0 fully saturated rings. The molecule has 0 unspecified atom stereocenters. The second-order valence-electron chi connectivity index (χ2n) is 7.56. The predicted molar refractivity (Wildman–Crippen MR) is 128 cm³/mol.